The number of hydrogen-bond acceptors (Lipinski definition) is 2. The van der Waals surface area contributed by atoms with Crippen LogP contribution in [-0.2, 0) is 0 Å². The van der Waals surface area contributed by atoms with Gasteiger partial charge in [0.05, 0.1) is 14.1 Å². The number of ether oxygens (including phenoxy) is 1. The second-order valence-corrected chi connectivity index (χ2v) is 7.61. The zero-order valence-electron chi connectivity index (χ0n) is 16.2. The van der Waals surface area contributed by atoms with Gasteiger partial charge >= 0.3 is 0 Å². The van der Waals surface area contributed by atoms with Crippen molar-refractivity contribution in [1.29, 1.82) is 0 Å². The molecule has 1 aromatic rings. The van der Waals surface area contributed by atoms with Gasteiger partial charge < -0.3 is 9.84 Å². The molecule has 0 spiro atoms. The van der Waals surface area contributed by atoms with Crippen LogP contribution in [0.4, 0.5) is 0 Å². The minimum Gasteiger partial charge on any atom is -0.443 e. The SMILES string of the molecule is CCCCCCCCCC(Oc1ccccc1)[N+](C)(C)CC(C)O. The van der Waals surface area contributed by atoms with E-state index in [4.69, 9.17) is 4.74 Å². The average Bonchev–Trinajstić information content (AvgIpc) is 2.52. The summed E-state index contributed by atoms with van der Waals surface area (Å²) in [4.78, 5) is 0. The van der Waals surface area contributed by atoms with E-state index in [-0.39, 0.29) is 12.3 Å². The van der Waals surface area contributed by atoms with Crippen molar-refractivity contribution < 1.29 is 14.3 Å². The van der Waals surface area contributed by atoms with Crippen LogP contribution in [0.5, 0.6) is 5.75 Å². The topological polar surface area (TPSA) is 29.5 Å². The Morgan fingerprint density at radius 2 is 1.54 bits per heavy atom. The van der Waals surface area contributed by atoms with Crippen molar-refractivity contribution >= 4 is 0 Å². The maximum absolute atomic E-state index is 9.82. The van der Waals surface area contributed by atoms with E-state index in [1.165, 1.54) is 44.9 Å². The highest BCUT2D eigenvalue weighted by atomic mass is 16.5. The number of nitrogens with zero attached hydrogens (tertiary/aromatic N) is 1. The van der Waals surface area contributed by atoms with Gasteiger partial charge in [0.25, 0.3) is 0 Å². The first-order valence-electron chi connectivity index (χ1n) is 9.68. The van der Waals surface area contributed by atoms with Crippen molar-refractivity contribution in [3.05, 3.63) is 30.3 Å². The van der Waals surface area contributed by atoms with Crippen molar-refractivity contribution in [1.82, 2.24) is 0 Å². The lowest BCUT2D eigenvalue weighted by Crippen LogP contribution is -2.54. The molecule has 1 rings (SSSR count). The number of para-hydroxylation sites is 1. The minimum absolute atomic E-state index is 0.0811. The van der Waals surface area contributed by atoms with Gasteiger partial charge in [0.15, 0.2) is 0 Å². The van der Waals surface area contributed by atoms with Gasteiger partial charge in [-0.15, -0.1) is 0 Å². The zero-order valence-corrected chi connectivity index (χ0v) is 16.2. The Hall–Kier alpha value is -1.06. The van der Waals surface area contributed by atoms with Gasteiger partial charge in [0, 0.05) is 6.42 Å². The molecule has 0 aliphatic rings. The zero-order chi connectivity index (χ0) is 17.8. The summed E-state index contributed by atoms with van der Waals surface area (Å²) in [5.41, 5.74) is 0. The van der Waals surface area contributed by atoms with Gasteiger partial charge in [0.1, 0.15) is 18.4 Å². The van der Waals surface area contributed by atoms with Crippen LogP contribution in [0.25, 0.3) is 0 Å². The van der Waals surface area contributed by atoms with Gasteiger partial charge in [-0.3, -0.25) is 4.48 Å². The number of benzene rings is 1. The molecule has 2 atom stereocenters. The summed E-state index contributed by atoms with van der Waals surface area (Å²) in [6.07, 6.45) is 9.94. The maximum atomic E-state index is 9.82. The monoisotopic (exact) mass is 336 g/mol. The lowest BCUT2D eigenvalue weighted by atomic mass is 10.1. The van der Waals surface area contributed by atoms with E-state index in [2.05, 4.69) is 21.0 Å². The number of likely N-dealkylation sites (N-methyl/N-ethyl adjacent to an activating group) is 1. The number of quaternary nitrogens is 1. The molecule has 0 saturated heterocycles. The van der Waals surface area contributed by atoms with Gasteiger partial charge in [-0.2, -0.15) is 0 Å². The molecule has 0 amide bonds. The van der Waals surface area contributed by atoms with Gasteiger partial charge in [-0.05, 0) is 25.5 Å². The van der Waals surface area contributed by atoms with Crippen LogP contribution in [0.2, 0.25) is 0 Å². The molecule has 3 nitrogen and oxygen atoms in total. The predicted octanol–water partition coefficient (Wildman–Crippen LogP) is 4.99. The Kier molecular flexibility index (Phi) is 10.0. The van der Waals surface area contributed by atoms with Crippen LogP contribution in [0.1, 0.15) is 65.2 Å². The second kappa shape index (κ2) is 11.5. The van der Waals surface area contributed by atoms with Crippen LogP contribution in [0, 0.1) is 0 Å². The van der Waals surface area contributed by atoms with Crippen molar-refractivity contribution in [2.24, 2.45) is 0 Å². The van der Waals surface area contributed by atoms with E-state index in [0.717, 1.165) is 12.2 Å². The van der Waals surface area contributed by atoms with E-state index in [0.29, 0.717) is 11.0 Å². The molecule has 0 radical (unpaired) electrons. The first-order valence-corrected chi connectivity index (χ1v) is 9.68. The molecule has 0 bridgehead atoms. The summed E-state index contributed by atoms with van der Waals surface area (Å²) >= 11 is 0. The smallest absolute Gasteiger partial charge is 0.233 e. The van der Waals surface area contributed by atoms with Crippen molar-refractivity contribution in [3.8, 4) is 5.75 Å². The molecular formula is C21H38NO2+. The Balaban J connectivity index is 2.51. The van der Waals surface area contributed by atoms with Gasteiger partial charge in [-0.1, -0.05) is 63.6 Å². The first-order chi connectivity index (χ1) is 11.5. The normalized spacial score (nSPS) is 14.4. The summed E-state index contributed by atoms with van der Waals surface area (Å²) in [5, 5.41) is 9.82. The van der Waals surface area contributed by atoms with Gasteiger partial charge in [-0.25, -0.2) is 0 Å². The molecule has 24 heavy (non-hydrogen) atoms. The highest BCUT2D eigenvalue weighted by molar-refractivity contribution is 5.21. The summed E-state index contributed by atoms with van der Waals surface area (Å²) < 4.78 is 6.97. The third kappa shape index (κ3) is 8.70. The van der Waals surface area contributed by atoms with E-state index in [9.17, 15) is 5.11 Å². The molecule has 0 aliphatic heterocycles. The number of aliphatic hydroxyl groups excluding tert-OH is 1. The summed E-state index contributed by atoms with van der Waals surface area (Å²) in [6.45, 7) is 4.81. The number of hydrogen-bond donors (Lipinski definition) is 1. The third-order valence-corrected chi connectivity index (χ3v) is 4.58. The standard InChI is InChI=1S/C21H38NO2/c1-5-6-7-8-9-10-14-17-21(22(3,4)18-19(2)23)24-20-15-12-11-13-16-20/h11-13,15-16,19,21,23H,5-10,14,17-18H2,1-4H3/q+1. The van der Waals surface area contributed by atoms with Crippen molar-refractivity contribution in [2.75, 3.05) is 20.6 Å². The molecule has 1 N–H and O–H groups in total. The number of rotatable bonds is 13. The first kappa shape index (κ1) is 21.0. The van der Waals surface area contributed by atoms with Crippen LogP contribution < -0.4 is 4.74 Å². The Morgan fingerprint density at radius 1 is 0.958 bits per heavy atom. The fourth-order valence-corrected chi connectivity index (χ4v) is 3.28. The molecule has 138 valence electrons. The Morgan fingerprint density at radius 3 is 2.12 bits per heavy atom. The van der Waals surface area contributed by atoms with Crippen molar-refractivity contribution in [3.63, 3.8) is 0 Å². The van der Waals surface area contributed by atoms with E-state index in [1.807, 2.05) is 37.3 Å². The van der Waals surface area contributed by atoms with Gasteiger partial charge in [0.2, 0.25) is 6.23 Å². The summed E-state index contributed by atoms with van der Waals surface area (Å²) in [6, 6.07) is 10.1. The lowest BCUT2D eigenvalue weighted by Gasteiger charge is -2.38. The minimum atomic E-state index is -0.323. The second-order valence-electron chi connectivity index (χ2n) is 7.61. The van der Waals surface area contributed by atoms with Crippen LogP contribution in [0.3, 0.4) is 0 Å². The molecule has 2 unspecified atom stereocenters. The number of aliphatic hydroxyl groups is 1. The molecule has 3 heteroatoms. The molecule has 0 aliphatic carbocycles. The average molecular weight is 337 g/mol. The molecule has 0 saturated carbocycles. The molecule has 0 aromatic heterocycles. The Bertz CT molecular complexity index is 417. The van der Waals surface area contributed by atoms with Crippen molar-refractivity contribution in [2.45, 2.75) is 77.5 Å². The molecule has 1 aromatic carbocycles. The summed E-state index contributed by atoms with van der Waals surface area (Å²) in [7, 11) is 4.31. The fraction of sp³-hybridized carbons (Fsp3) is 0.714. The largest absolute Gasteiger partial charge is 0.443 e. The third-order valence-electron chi connectivity index (χ3n) is 4.58. The lowest BCUT2D eigenvalue weighted by molar-refractivity contribution is -0.936. The fourth-order valence-electron chi connectivity index (χ4n) is 3.28. The molecule has 0 fully saturated rings. The van der Waals surface area contributed by atoms with E-state index in [1.54, 1.807) is 0 Å². The maximum Gasteiger partial charge on any atom is 0.233 e. The van der Waals surface area contributed by atoms with E-state index >= 15 is 0 Å². The number of unbranched alkanes of at least 4 members (excludes halogenated alkanes) is 6. The Labute approximate surface area is 149 Å². The highest BCUT2D eigenvalue weighted by Crippen LogP contribution is 2.21. The highest BCUT2D eigenvalue weighted by Gasteiger charge is 2.31. The molecular weight excluding hydrogens is 298 g/mol. The van der Waals surface area contributed by atoms with Crippen LogP contribution in [-0.4, -0.2) is 42.6 Å². The predicted molar refractivity (Wildman–Crippen MR) is 102 cm³/mol. The van der Waals surface area contributed by atoms with Crippen LogP contribution >= 0.6 is 0 Å². The van der Waals surface area contributed by atoms with Crippen LogP contribution in [0.15, 0.2) is 30.3 Å². The molecule has 0 heterocycles. The quantitative estimate of drug-likeness (QED) is 0.312. The summed E-state index contributed by atoms with van der Waals surface area (Å²) in [5.74, 6) is 0.919. The van der Waals surface area contributed by atoms with E-state index < -0.39 is 0 Å².